The highest BCUT2D eigenvalue weighted by Gasteiger charge is 2.06. The lowest BCUT2D eigenvalue weighted by atomic mass is 10.1. The summed E-state index contributed by atoms with van der Waals surface area (Å²) in [6.45, 7) is 1.75. The zero-order valence-electron chi connectivity index (χ0n) is 11.4. The largest absolute Gasteiger partial charge is 0.545 e. The summed E-state index contributed by atoms with van der Waals surface area (Å²) in [4.78, 5) is 10.9. The number of hydrogen-bond acceptors (Lipinski definition) is 4. The number of carboxylic acid groups (broad SMARTS) is 1. The van der Waals surface area contributed by atoms with Gasteiger partial charge >= 0.3 is 0 Å². The number of hydrogen-bond donors (Lipinski definition) is 1. The number of rotatable bonds is 4. The van der Waals surface area contributed by atoms with E-state index in [2.05, 4.69) is 10.5 Å². The van der Waals surface area contributed by atoms with Crippen LogP contribution in [0.3, 0.4) is 0 Å². The zero-order chi connectivity index (χ0) is 16.3. The van der Waals surface area contributed by atoms with E-state index in [1.165, 1.54) is 12.1 Å². The molecule has 0 amide bonds. The van der Waals surface area contributed by atoms with Crippen LogP contribution in [0.5, 0.6) is 0 Å². The average molecular weight is 357 g/mol. The van der Waals surface area contributed by atoms with Gasteiger partial charge in [-0.1, -0.05) is 34.8 Å². The van der Waals surface area contributed by atoms with Gasteiger partial charge in [-0.2, -0.15) is 5.10 Å². The lowest BCUT2D eigenvalue weighted by Gasteiger charge is -2.09. The molecule has 0 aliphatic heterocycles. The van der Waals surface area contributed by atoms with Crippen LogP contribution in [0, 0.1) is 0 Å². The van der Waals surface area contributed by atoms with Crippen molar-refractivity contribution in [3.63, 3.8) is 0 Å². The van der Waals surface area contributed by atoms with E-state index in [9.17, 15) is 9.90 Å². The van der Waals surface area contributed by atoms with Gasteiger partial charge in [0.05, 0.1) is 17.4 Å². The standard InChI is InChI=1S/C15H11Cl3N2O2/c1-8(11-6-9(16)2-4-13(11)17)19-20-10-3-5-14(18)12(7-10)15(21)22/h2-7,20H,1H3,(H,21,22)/p-1/b19-8-. The van der Waals surface area contributed by atoms with Crippen LogP contribution >= 0.6 is 34.8 Å². The third-order valence-electron chi connectivity index (χ3n) is 2.86. The summed E-state index contributed by atoms with van der Waals surface area (Å²) in [5.41, 5.74) is 4.37. The molecule has 0 heterocycles. The van der Waals surface area contributed by atoms with E-state index in [-0.39, 0.29) is 10.6 Å². The highest BCUT2D eigenvalue weighted by Crippen LogP contribution is 2.22. The highest BCUT2D eigenvalue weighted by molar-refractivity contribution is 6.36. The Kier molecular flexibility index (Phi) is 5.29. The molecule has 7 heteroatoms. The van der Waals surface area contributed by atoms with E-state index in [1.807, 2.05) is 0 Å². The quantitative estimate of drug-likeness (QED) is 0.668. The van der Waals surface area contributed by atoms with Crippen molar-refractivity contribution < 1.29 is 9.90 Å². The maximum atomic E-state index is 10.9. The van der Waals surface area contributed by atoms with Crippen molar-refractivity contribution in [2.45, 2.75) is 6.92 Å². The molecule has 0 aliphatic carbocycles. The highest BCUT2D eigenvalue weighted by atomic mass is 35.5. The monoisotopic (exact) mass is 355 g/mol. The summed E-state index contributed by atoms with van der Waals surface area (Å²) >= 11 is 17.8. The zero-order valence-corrected chi connectivity index (χ0v) is 13.6. The van der Waals surface area contributed by atoms with Gasteiger partial charge in [0.2, 0.25) is 0 Å². The lowest BCUT2D eigenvalue weighted by molar-refractivity contribution is -0.255. The summed E-state index contributed by atoms with van der Waals surface area (Å²) in [6.07, 6.45) is 0. The fraction of sp³-hybridized carbons (Fsp3) is 0.0667. The van der Waals surface area contributed by atoms with Crippen LogP contribution in [0.25, 0.3) is 0 Å². The van der Waals surface area contributed by atoms with E-state index in [4.69, 9.17) is 34.8 Å². The Morgan fingerprint density at radius 2 is 1.68 bits per heavy atom. The van der Waals surface area contributed by atoms with Crippen molar-refractivity contribution in [1.82, 2.24) is 0 Å². The minimum absolute atomic E-state index is 0.101. The van der Waals surface area contributed by atoms with Gasteiger partial charge in [-0.25, -0.2) is 0 Å². The molecular weight excluding hydrogens is 347 g/mol. The lowest BCUT2D eigenvalue weighted by Crippen LogP contribution is -2.22. The van der Waals surface area contributed by atoms with Crippen LogP contribution in [0.15, 0.2) is 41.5 Å². The van der Waals surface area contributed by atoms with E-state index < -0.39 is 5.97 Å². The van der Waals surface area contributed by atoms with Crippen LogP contribution in [0.2, 0.25) is 15.1 Å². The first kappa shape index (κ1) is 16.6. The summed E-state index contributed by atoms with van der Waals surface area (Å²) in [7, 11) is 0. The Hall–Kier alpha value is -1.75. The molecule has 0 atom stereocenters. The van der Waals surface area contributed by atoms with Crippen molar-refractivity contribution in [3.8, 4) is 0 Å². The van der Waals surface area contributed by atoms with Gasteiger partial charge < -0.3 is 9.90 Å². The summed E-state index contributed by atoms with van der Waals surface area (Å²) in [6, 6.07) is 9.44. The van der Waals surface area contributed by atoms with Crippen molar-refractivity contribution in [2.24, 2.45) is 5.10 Å². The number of halogens is 3. The Bertz CT molecular complexity index is 760. The summed E-state index contributed by atoms with van der Waals surface area (Å²) < 4.78 is 0. The van der Waals surface area contributed by atoms with Crippen LogP contribution in [0.1, 0.15) is 22.8 Å². The molecule has 0 fully saturated rings. The fourth-order valence-corrected chi connectivity index (χ4v) is 2.36. The van der Waals surface area contributed by atoms with Crippen LogP contribution in [-0.2, 0) is 0 Å². The number of benzene rings is 2. The summed E-state index contributed by atoms with van der Waals surface area (Å²) in [5, 5.41) is 16.2. The van der Waals surface area contributed by atoms with Crippen molar-refractivity contribution in [2.75, 3.05) is 5.43 Å². The molecule has 2 rings (SSSR count). The Morgan fingerprint density at radius 3 is 2.36 bits per heavy atom. The van der Waals surface area contributed by atoms with Gasteiger partial charge in [-0.05, 0) is 43.3 Å². The van der Waals surface area contributed by atoms with Crippen molar-refractivity contribution >= 4 is 52.2 Å². The number of nitrogens with zero attached hydrogens (tertiary/aromatic N) is 1. The second kappa shape index (κ2) is 7.01. The van der Waals surface area contributed by atoms with Crippen molar-refractivity contribution in [1.29, 1.82) is 0 Å². The number of carbonyl (C=O) groups excluding carboxylic acids is 1. The number of nitrogens with one attached hydrogen (secondary N) is 1. The number of carboxylic acids is 1. The van der Waals surface area contributed by atoms with Gasteiger partial charge in [0.25, 0.3) is 0 Å². The second-order valence-electron chi connectivity index (χ2n) is 4.42. The molecular formula is C15H10Cl3N2O2-. The Morgan fingerprint density at radius 1 is 1.05 bits per heavy atom. The Labute approximate surface area is 142 Å². The van der Waals surface area contributed by atoms with E-state index in [0.717, 1.165) is 0 Å². The first-order valence-corrected chi connectivity index (χ1v) is 7.28. The topological polar surface area (TPSA) is 64.5 Å². The Balaban J connectivity index is 2.26. The van der Waals surface area contributed by atoms with Crippen LogP contribution in [-0.4, -0.2) is 11.7 Å². The molecule has 0 spiro atoms. The first-order chi connectivity index (χ1) is 10.4. The molecule has 0 saturated carbocycles. The average Bonchev–Trinajstić information content (AvgIpc) is 2.48. The SMILES string of the molecule is C/C(=N/Nc1ccc(Cl)c(C(=O)[O-])c1)c1cc(Cl)ccc1Cl. The molecule has 2 aromatic carbocycles. The molecule has 4 nitrogen and oxygen atoms in total. The van der Waals surface area contributed by atoms with Crippen LogP contribution < -0.4 is 10.5 Å². The van der Waals surface area contributed by atoms with E-state index in [0.29, 0.717) is 27.0 Å². The molecule has 2 aromatic rings. The molecule has 22 heavy (non-hydrogen) atoms. The molecule has 0 aliphatic rings. The van der Waals surface area contributed by atoms with Crippen molar-refractivity contribution in [3.05, 3.63) is 62.6 Å². The van der Waals surface area contributed by atoms with Crippen LogP contribution in [0.4, 0.5) is 5.69 Å². The first-order valence-electron chi connectivity index (χ1n) is 6.15. The van der Waals surface area contributed by atoms with Gasteiger partial charge in [-0.3, -0.25) is 5.43 Å². The maximum absolute atomic E-state index is 10.9. The molecule has 0 saturated heterocycles. The predicted octanol–water partition coefficient (Wildman–Crippen LogP) is 3.85. The van der Waals surface area contributed by atoms with E-state index >= 15 is 0 Å². The third kappa shape index (κ3) is 3.91. The predicted molar refractivity (Wildman–Crippen MR) is 88.1 cm³/mol. The fourth-order valence-electron chi connectivity index (χ4n) is 1.73. The number of hydrazone groups is 1. The molecule has 114 valence electrons. The normalized spacial score (nSPS) is 11.4. The number of carbonyl (C=O) groups is 1. The summed E-state index contributed by atoms with van der Waals surface area (Å²) in [5.74, 6) is -1.35. The minimum atomic E-state index is -1.35. The van der Waals surface area contributed by atoms with Gasteiger partial charge in [0, 0.05) is 26.2 Å². The molecule has 0 aromatic heterocycles. The molecule has 1 N–H and O–H groups in total. The number of aromatic carboxylic acids is 1. The van der Waals surface area contributed by atoms with Gasteiger partial charge in [0.15, 0.2) is 0 Å². The second-order valence-corrected chi connectivity index (χ2v) is 5.67. The van der Waals surface area contributed by atoms with E-state index in [1.54, 1.807) is 31.2 Å². The maximum Gasteiger partial charge on any atom is 0.0731 e. The minimum Gasteiger partial charge on any atom is -0.545 e. The third-order valence-corrected chi connectivity index (χ3v) is 3.75. The van der Waals surface area contributed by atoms with Gasteiger partial charge in [-0.15, -0.1) is 0 Å². The van der Waals surface area contributed by atoms with Gasteiger partial charge in [0.1, 0.15) is 0 Å². The number of anilines is 1. The molecule has 0 unspecified atom stereocenters. The molecule has 0 bridgehead atoms. The molecule has 0 radical (unpaired) electrons. The smallest absolute Gasteiger partial charge is 0.0731 e.